The van der Waals surface area contributed by atoms with E-state index < -0.39 is 6.04 Å². The normalized spacial score (nSPS) is 17.1. The molecule has 2 aliphatic heterocycles. The number of ether oxygens (including phenoxy) is 1. The molecule has 1 unspecified atom stereocenters. The van der Waals surface area contributed by atoms with Crippen LogP contribution in [0.1, 0.15) is 38.8 Å². The van der Waals surface area contributed by atoms with Gasteiger partial charge in [0, 0.05) is 17.9 Å². The molecule has 2 heterocycles. The minimum Gasteiger partial charge on any atom is -0.497 e. The van der Waals surface area contributed by atoms with Crippen LogP contribution in [0.3, 0.4) is 0 Å². The van der Waals surface area contributed by atoms with Gasteiger partial charge in [-0.1, -0.05) is 55.9 Å². The van der Waals surface area contributed by atoms with E-state index in [-0.39, 0.29) is 18.2 Å². The van der Waals surface area contributed by atoms with Crippen LogP contribution in [0.5, 0.6) is 5.75 Å². The standard InChI is InChI=1S/C27H30N4O3S/c1-17(2)15-28-23(32)14-21-16-35-27-29-18(3)24(26(33)30-20-10-6-5-7-11-20)25(31(21)27)19-9-8-12-22(13-19)34-4/h5-13,16-17,25H,14-15H2,1-4H3,(H,28,32)(H,30,33). The van der Waals surface area contributed by atoms with Gasteiger partial charge in [0.1, 0.15) is 5.75 Å². The Labute approximate surface area is 210 Å². The summed E-state index contributed by atoms with van der Waals surface area (Å²) in [5, 5.41) is 8.69. The number of hydrogen-bond donors (Lipinski definition) is 2. The lowest BCUT2D eigenvalue weighted by Gasteiger charge is -2.36. The molecule has 0 saturated heterocycles. The molecule has 4 rings (SSSR count). The summed E-state index contributed by atoms with van der Waals surface area (Å²) in [5.74, 6) is 0.767. The number of aliphatic imine (C=N–C) groups is 1. The maximum Gasteiger partial charge on any atom is 0.255 e. The lowest BCUT2D eigenvalue weighted by atomic mass is 9.93. The highest BCUT2D eigenvalue weighted by Crippen LogP contribution is 2.45. The number of fused-ring (bicyclic) bond motifs is 1. The van der Waals surface area contributed by atoms with Crippen molar-refractivity contribution < 1.29 is 14.3 Å². The number of allylic oxidation sites excluding steroid dienone is 1. The third-order valence-electron chi connectivity index (χ3n) is 5.74. The number of para-hydroxylation sites is 1. The van der Waals surface area contributed by atoms with Crippen LogP contribution < -0.4 is 15.4 Å². The van der Waals surface area contributed by atoms with E-state index in [0.717, 1.165) is 16.4 Å². The average Bonchev–Trinajstić information content (AvgIpc) is 3.24. The van der Waals surface area contributed by atoms with Gasteiger partial charge in [0.25, 0.3) is 5.91 Å². The molecule has 0 aliphatic carbocycles. The molecule has 35 heavy (non-hydrogen) atoms. The number of nitrogens with one attached hydrogen (secondary N) is 2. The number of anilines is 1. The fourth-order valence-electron chi connectivity index (χ4n) is 4.05. The Morgan fingerprint density at radius 3 is 2.63 bits per heavy atom. The first-order chi connectivity index (χ1) is 16.9. The first-order valence-corrected chi connectivity index (χ1v) is 12.5. The molecule has 0 bridgehead atoms. The van der Waals surface area contributed by atoms with E-state index in [4.69, 9.17) is 9.73 Å². The molecule has 2 aromatic rings. The Balaban J connectivity index is 1.71. The molecular weight excluding hydrogens is 460 g/mol. The van der Waals surface area contributed by atoms with Crippen molar-refractivity contribution in [3.8, 4) is 5.75 Å². The molecule has 0 fully saturated rings. The number of benzene rings is 2. The second-order valence-electron chi connectivity index (χ2n) is 8.86. The molecule has 0 aromatic heterocycles. The molecule has 0 spiro atoms. The number of carbonyl (C=O) groups is 2. The molecule has 1 atom stereocenters. The maximum absolute atomic E-state index is 13.6. The van der Waals surface area contributed by atoms with Crippen LogP contribution in [0.2, 0.25) is 0 Å². The molecule has 0 radical (unpaired) electrons. The summed E-state index contributed by atoms with van der Waals surface area (Å²) in [6.07, 6.45) is 0.200. The van der Waals surface area contributed by atoms with E-state index in [1.807, 2.05) is 71.8 Å². The van der Waals surface area contributed by atoms with E-state index >= 15 is 0 Å². The monoisotopic (exact) mass is 490 g/mol. The third kappa shape index (κ3) is 5.59. The number of methoxy groups -OCH3 is 1. The molecule has 2 aromatic carbocycles. The first kappa shape index (κ1) is 24.6. The van der Waals surface area contributed by atoms with E-state index in [0.29, 0.717) is 35.2 Å². The number of nitrogens with zero attached hydrogens (tertiary/aromatic N) is 2. The van der Waals surface area contributed by atoms with Gasteiger partial charge in [-0.15, -0.1) is 0 Å². The average molecular weight is 491 g/mol. The van der Waals surface area contributed by atoms with Crippen LogP contribution in [0, 0.1) is 5.92 Å². The fourth-order valence-corrected chi connectivity index (χ4v) is 5.02. The summed E-state index contributed by atoms with van der Waals surface area (Å²) in [4.78, 5) is 33.1. The zero-order valence-electron chi connectivity index (χ0n) is 20.4. The lowest BCUT2D eigenvalue weighted by molar-refractivity contribution is -0.120. The summed E-state index contributed by atoms with van der Waals surface area (Å²) >= 11 is 1.47. The van der Waals surface area contributed by atoms with Crippen molar-refractivity contribution in [1.82, 2.24) is 10.2 Å². The van der Waals surface area contributed by atoms with Crippen molar-refractivity contribution in [2.75, 3.05) is 19.0 Å². The van der Waals surface area contributed by atoms with Crippen LogP contribution in [0.25, 0.3) is 0 Å². The second kappa shape index (κ2) is 10.8. The van der Waals surface area contributed by atoms with Crippen LogP contribution in [-0.2, 0) is 9.59 Å². The van der Waals surface area contributed by atoms with Crippen LogP contribution in [-0.4, -0.2) is 35.5 Å². The van der Waals surface area contributed by atoms with Gasteiger partial charge in [0.05, 0.1) is 30.8 Å². The van der Waals surface area contributed by atoms with Gasteiger partial charge >= 0.3 is 0 Å². The van der Waals surface area contributed by atoms with E-state index in [1.54, 1.807) is 7.11 Å². The predicted octanol–water partition coefficient (Wildman–Crippen LogP) is 5.07. The summed E-state index contributed by atoms with van der Waals surface area (Å²) in [6.45, 7) is 6.59. The Bertz CT molecular complexity index is 1200. The Kier molecular flexibility index (Phi) is 7.60. The minimum atomic E-state index is -0.458. The number of thioether (sulfide) groups is 1. The zero-order chi connectivity index (χ0) is 24.9. The largest absolute Gasteiger partial charge is 0.497 e. The minimum absolute atomic E-state index is 0.0576. The van der Waals surface area contributed by atoms with E-state index in [2.05, 4.69) is 24.5 Å². The SMILES string of the molecule is COc1cccc(C2C(C(=O)Nc3ccccc3)=C(C)N=C3SC=C(CC(=O)NCC(C)C)N32)c1. The highest BCUT2D eigenvalue weighted by molar-refractivity contribution is 8.16. The molecule has 182 valence electrons. The van der Waals surface area contributed by atoms with E-state index in [9.17, 15) is 9.59 Å². The number of carbonyl (C=O) groups excluding carboxylic acids is 2. The Hall–Kier alpha value is -3.52. The topological polar surface area (TPSA) is 83.0 Å². The van der Waals surface area contributed by atoms with Gasteiger partial charge in [0.2, 0.25) is 5.91 Å². The van der Waals surface area contributed by atoms with Crippen molar-refractivity contribution in [2.24, 2.45) is 10.9 Å². The zero-order valence-corrected chi connectivity index (χ0v) is 21.2. The van der Waals surface area contributed by atoms with Gasteiger partial charge in [-0.2, -0.15) is 0 Å². The molecular formula is C27H30N4O3S. The van der Waals surface area contributed by atoms with Crippen LogP contribution in [0.4, 0.5) is 5.69 Å². The molecule has 0 saturated carbocycles. The summed E-state index contributed by atoms with van der Waals surface area (Å²) in [6, 6.07) is 16.6. The van der Waals surface area contributed by atoms with Gasteiger partial charge in [-0.05, 0) is 48.1 Å². The van der Waals surface area contributed by atoms with Crippen molar-refractivity contribution >= 4 is 34.4 Å². The Morgan fingerprint density at radius 2 is 1.91 bits per heavy atom. The highest BCUT2D eigenvalue weighted by Gasteiger charge is 2.40. The molecule has 2 N–H and O–H groups in total. The molecule has 2 aliphatic rings. The van der Waals surface area contributed by atoms with Gasteiger partial charge in [0.15, 0.2) is 5.17 Å². The van der Waals surface area contributed by atoms with Crippen molar-refractivity contribution in [1.29, 1.82) is 0 Å². The molecule has 2 amide bonds. The van der Waals surface area contributed by atoms with Crippen molar-refractivity contribution in [2.45, 2.75) is 33.2 Å². The first-order valence-electron chi connectivity index (χ1n) is 11.6. The number of rotatable bonds is 8. The Morgan fingerprint density at radius 1 is 1.14 bits per heavy atom. The highest BCUT2D eigenvalue weighted by atomic mass is 32.2. The van der Waals surface area contributed by atoms with E-state index in [1.165, 1.54) is 11.8 Å². The number of hydrogen-bond acceptors (Lipinski definition) is 6. The number of amides is 2. The molecule has 7 nitrogen and oxygen atoms in total. The van der Waals surface area contributed by atoms with Crippen molar-refractivity contribution in [3.63, 3.8) is 0 Å². The van der Waals surface area contributed by atoms with Gasteiger partial charge in [-0.25, -0.2) is 4.99 Å². The maximum atomic E-state index is 13.6. The second-order valence-corrected chi connectivity index (χ2v) is 9.70. The van der Waals surface area contributed by atoms with Crippen molar-refractivity contribution in [3.05, 3.63) is 82.5 Å². The predicted molar refractivity (Wildman–Crippen MR) is 141 cm³/mol. The number of amidine groups is 1. The van der Waals surface area contributed by atoms with Gasteiger partial charge in [-0.3, -0.25) is 9.59 Å². The summed E-state index contributed by atoms with van der Waals surface area (Å²) < 4.78 is 5.47. The molecule has 8 heteroatoms. The van der Waals surface area contributed by atoms with Gasteiger partial charge < -0.3 is 20.3 Å². The summed E-state index contributed by atoms with van der Waals surface area (Å²) in [5.41, 5.74) is 3.56. The lowest BCUT2D eigenvalue weighted by Crippen LogP contribution is -2.39. The van der Waals surface area contributed by atoms with Crippen LogP contribution >= 0.6 is 11.8 Å². The fraction of sp³-hybridized carbons (Fsp3) is 0.296. The summed E-state index contributed by atoms with van der Waals surface area (Å²) in [7, 11) is 1.62. The quantitative estimate of drug-likeness (QED) is 0.540. The smallest absolute Gasteiger partial charge is 0.255 e. The third-order valence-corrected chi connectivity index (χ3v) is 6.62. The van der Waals surface area contributed by atoms with Crippen LogP contribution in [0.15, 0.2) is 82.0 Å².